The topological polar surface area (TPSA) is 42.7 Å². The molecule has 5 heteroatoms. The number of nitrogens with one attached hydrogen (secondary N) is 1. The van der Waals surface area contributed by atoms with Crippen molar-refractivity contribution in [2.24, 2.45) is 0 Å². The summed E-state index contributed by atoms with van der Waals surface area (Å²) in [5.74, 6) is 1.06. The van der Waals surface area contributed by atoms with E-state index in [1.165, 1.54) is 4.88 Å². The van der Waals surface area contributed by atoms with Crippen LogP contribution >= 0.6 is 11.3 Å². The Labute approximate surface area is 123 Å². The smallest absolute Gasteiger partial charge is 0.133 e. The van der Waals surface area contributed by atoms with Gasteiger partial charge in [0.25, 0.3) is 0 Å². The molecule has 2 aromatic rings. The maximum absolute atomic E-state index is 4.54. The molecule has 1 N–H and O–H groups in total. The van der Waals surface area contributed by atoms with E-state index in [9.17, 15) is 0 Å². The summed E-state index contributed by atoms with van der Waals surface area (Å²) >= 11 is 1.76. The highest BCUT2D eigenvalue weighted by Gasteiger charge is 2.36. The van der Waals surface area contributed by atoms with Gasteiger partial charge >= 0.3 is 0 Å². The highest BCUT2D eigenvalue weighted by Crippen LogP contribution is 2.41. The van der Waals surface area contributed by atoms with Gasteiger partial charge in [-0.1, -0.05) is 6.58 Å². The summed E-state index contributed by atoms with van der Waals surface area (Å²) < 4.78 is 2.08. The molecular formula is C15H20N4S. The van der Waals surface area contributed by atoms with Gasteiger partial charge in [0.05, 0.1) is 17.8 Å². The lowest BCUT2D eigenvalue weighted by atomic mass is 9.93. The molecule has 0 bridgehead atoms. The second-order valence-corrected chi connectivity index (χ2v) is 7.39. The predicted molar refractivity (Wildman–Crippen MR) is 84.1 cm³/mol. The van der Waals surface area contributed by atoms with Crippen molar-refractivity contribution in [1.29, 1.82) is 0 Å². The van der Waals surface area contributed by atoms with Gasteiger partial charge in [0.2, 0.25) is 0 Å². The Hall–Kier alpha value is -1.62. The molecule has 0 spiro atoms. The van der Waals surface area contributed by atoms with Crippen molar-refractivity contribution < 1.29 is 0 Å². The summed E-state index contributed by atoms with van der Waals surface area (Å²) in [7, 11) is 0. The molecule has 2 aromatic heterocycles. The van der Waals surface area contributed by atoms with Gasteiger partial charge in [0, 0.05) is 16.6 Å². The highest BCUT2D eigenvalue weighted by atomic mass is 32.1. The normalized spacial score (nSPS) is 20.3. The molecule has 1 unspecified atom stereocenters. The van der Waals surface area contributed by atoms with E-state index in [2.05, 4.69) is 47.4 Å². The van der Waals surface area contributed by atoms with Crippen molar-refractivity contribution in [1.82, 2.24) is 14.8 Å². The van der Waals surface area contributed by atoms with Gasteiger partial charge in [-0.3, -0.25) is 0 Å². The molecule has 20 heavy (non-hydrogen) atoms. The average molecular weight is 288 g/mol. The Morgan fingerprint density at radius 2 is 2.25 bits per heavy atom. The number of fused-ring (bicyclic) bond motifs is 1. The van der Waals surface area contributed by atoms with Crippen molar-refractivity contribution in [3.63, 3.8) is 0 Å². The molecule has 1 aliphatic rings. The molecule has 1 atom stereocenters. The van der Waals surface area contributed by atoms with Crippen LogP contribution in [0.4, 0.5) is 5.82 Å². The fourth-order valence-corrected chi connectivity index (χ4v) is 3.57. The van der Waals surface area contributed by atoms with Crippen LogP contribution < -0.4 is 5.32 Å². The van der Waals surface area contributed by atoms with Crippen LogP contribution in [-0.4, -0.2) is 14.8 Å². The second kappa shape index (κ2) is 4.45. The second-order valence-electron chi connectivity index (χ2n) is 6.12. The summed E-state index contributed by atoms with van der Waals surface area (Å²) in [5, 5.41) is 9.29. The van der Waals surface area contributed by atoms with Crippen LogP contribution in [0.3, 0.4) is 0 Å². The van der Waals surface area contributed by atoms with E-state index in [-0.39, 0.29) is 11.6 Å². The minimum absolute atomic E-state index is 0.0292. The van der Waals surface area contributed by atoms with E-state index < -0.39 is 0 Å². The third kappa shape index (κ3) is 2.06. The molecule has 0 amide bonds. The monoisotopic (exact) mass is 288 g/mol. The number of rotatable bonds is 2. The predicted octanol–water partition coefficient (Wildman–Crippen LogP) is 3.97. The van der Waals surface area contributed by atoms with Crippen molar-refractivity contribution in [3.05, 3.63) is 34.4 Å². The molecule has 0 aromatic carbocycles. The van der Waals surface area contributed by atoms with Crippen LogP contribution in [0.15, 0.2) is 19.0 Å². The molecule has 3 rings (SSSR count). The lowest BCUT2D eigenvalue weighted by Crippen LogP contribution is -2.37. The molecule has 1 aliphatic heterocycles. The summed E-state index contributed by atoms with van der Waals surface area (Å²) in [4.78, 5) is 5.79. The number of thiazole rings is 1. The van der Waals surface area contributed by atoms with Gasteiger partial charge in [-0.2, -0.15) is 5.10 Å². The fourth-order valence-electron chi connectivity index (χ4n) is 2.74. The number of allylic oxidation sites excluding steroid dienone is 1. The standard InChI is InChI=1S/C15H20N4S/c1-9(2)11-8-17-19-13(11)18-12(6-15(19,4)5)14-16-7-10(3)20-14/h7-8,12,18H,1,6H2,2-5H3. The zero-order chi connectivity index (χ0) is 14.5. The lowest BCUT2D eigenvalue weighted by molar-refractivity contribution is 0.263. The molecule has 4 nitrogen and oxygen atoms in total. The Morgan fingerprint density at radius 1 is 1.50 bits per heavy atom. The number of anilines is 1. The van der Waals surface area contributed by atoms with E-state index >= 15 is 0 Å². The zero-order valence-corrected chi connectivity index (χ0v) is 13.2. The first-order chi connectivity index (χ1) is 9.38. The summed E-state index contributed by atoms with van der Waals surface area (Å²) in [5.41, 5.74) is 2.10. The highest BCUT2D eigenvalue weighted by molar-refractivity contribution is 7.11. The average Bonchev–Trinajstić information content (AvgIpc) is 2.94. The van der Waals surface area contributed by atoms with E-state index in [0.717, 1.165) is 28.4 Å². The number of nitrogens with zero attached hydrogens (tertiary/aromatic N) is 3. The van der Waals surface area contributed by atoms with Crippen LogP contribution in [0.2, 0.25) is 0 Å². The van der Waals surface area contributed by atoms with Gasteiger partial charge in [-0.15, -0.1) is 11.3 Å². The SMILES string of the molecule is C=C(C)c1cnn2c1NC(c1ncc(C)s1)CC2(C)C. The minimum Gasteiger partial charge on any atom is -0.360 e. The van der Waals surface area contributed by atoms with Crippen LogP contribution in [0.25, 0.3) is 5.57 Å². The van der Waals surface area contributed by atoms with E-state index in [0.29, 0.717) is 0 Å². The third-order valence-corrected chi connectivity index (χ3v) is 4.78. The largest absolute Gasteiger partial charge is 0.360 e. The summed E-state index contributed by atoms with van der Waals surface area (Å²) in [6.45, 7) is 12.6. The molecule has 0 saturated carbocycles. The Kier molecular flexibility index (Phi) is 2.97. The quantitative estimate of drug-likeness (QED) is 0.909. The van der Waals surface area contributed by atoms with Crippen LogP contribution in [0.5, 0.6) is 0 Å². The maximum Gasteiger partial charge on any atom is 0.133 e. The summed E-state index contributed by atoms with van der Waals surface area (Å²) in [6.07, 6.45) is 4.83. The molecular weight excluding hydrogens is 268 g/mol. The molecule has 0 aliphatic carbocycles. The van der Waals surface area contributed by atoms with Crippen molar-refractivity contribution in [2.75, 3.05) is 5.32 Å². The van der Waals surface area contributed by atoms with Crippen molar-refractivity contribution in [3.8, 4) is 0 Å². The van der Waals surface area contributed by atoms with Gasteiger partial charge in [0.1, 0.15) is 10.8 Å². The van der Waals surface area contributed by atoms with Gasteiger partial charge in [0.15, 0.2) is 0 Å². The molecule has 0 saturated heterocycles. The first kappa shape index (κ1) is 13.4. The van der Waals surface area contributed by atoms with Gasteiger partial charge in [-0.05, 0) is 39.7 Å². The minimum atomic E-state index is -0.0292. The number of aromatic nitrogens is 3. The number of hydrogen-bond acceptors (Lipinski definition) is 4. The lowest BCUT2D eigenvalue weighted by Gasteiger charge is -2.37. The van der Waals surface area contributed by atoms with Crippen molar-refractivity contribution >= 4 is 22.7 Å². The summed E-state index contributed by atoms with van der Waals surface area (Å²) in [6, 6.07) is 0.242. The molecule has 0 fully saturated rings. The van der Waals surface area contributed by atoms with Crippen LogP contribution in [0, 0.1) is 6.92 Å². The molecule has 0 radical (unpaired) electrons. The van der Waals surface area contributed by atoms with Gasteiger partial charge < -0.3 is 5.32 Å². The Balaban J connectivity index is 2.05. The first-order valence-electron chi connectivity index (χ1n) is 6.82. The van der Waals surface area contributed by atoms with Crippen LogP contribution in [0.1, 0.15) is 48.7 Å². The first-order valence-corrected chi connectivity index (χ1v) is 7.63. The Morgan fingerprint density at radius 3 is 2.85 bits per heavy atom. The van der Waals surface area contributed by atoms with E-state index in [4.69, 9.17) is 0 Å². The van der Waals surface area contributed by atoms with E-state index in [1.807, 2.05) is 19.3 Å². The third-order valence-electron chi connectivity index (χ3n) is 3.75. The van der Waals surface area contributed by atoms with E-state index in [1.54, 1.807) is 11.3 Å². The number of hydrogen-bond donors (Lipinski definition) is 1. The van der Waals surface area contributed by atoms with Crippen molar-refractivity contribution in [2.45, 2.75) is 45.7 Å². The van der Waals surface area contributed by atoms with Gasteiger partial charge in [-0.25, -0.2) is 9.67 Å². The number of aryl methyl sites for hydroxylation is 1. The molecule has 106 valence electrons. The fraction of sp³-hybridized carbons (Fsp3) is 0.467. The maximum atomic E-state index is 4.54. The zero-order valence-electron chi connectivity index (χ0n) is 12.4. The van der Waals surface area contributed by atoms with Crippen LogP contribution in [-0.2, 0) is 5.54 Å². The Bertz CT molecular complexity index is 665. The molecule has 3 heterocycles.